The number of halogens is 1. The van der Waals surface area contributed by atoms with E-state index < -0.39 is 0 Å². The zero-order valence-corrected chi connectivity index (χ0v) is 17.0. The van der Waals surface area contributed by atoms with Crippen LogP contribution in [0.3, 0.4) is 0 Å². The van der Waals surface area contributed by atoms with E-state index in [0.29, 0.717) is 23.9 Å². The van der Waals surface area contributed by atoms with Crippen LogP contribution in [-0.4, -0.2) is 28.9 Å². The number of amides is 1. The topological polar surface area (TPSA) is 77.2 Å². The third-order valence-electron chi connectivity index (χ3n) is 4.24. The van der Waals surface area contributed by atoms with E-state index in [9.17, 15) is 9.18 Å². The van der Waals surface area contributed by atoms with Crippen molar-refractivity contribution in [3.63, 3.8) is 0 Å². The summed E-state index contributed by atoms with van der Waals surface area (Å²) in [5.74, 6) is 2.19. The molecule has 2 aromatic carbocycles. The van der Waals surface area contributed by atoms with Gasteiger partial charge < -0.3 is 14.6 Å². The first-order chi connectivity index (χ1) is 14.0. The molecule has 3 rings (SSSR count). The van der Waals surface area contributed by atoms with Crippen molar-refractivity contribution in [1.29, 1.82) is 0 Å². The van der Waals surface area contributed by atoms with Gasteiger partial charge in [-0.1, -0.05) is 29.4 Å². The number of aromatic nitrogens is 2. The van der Waals surface area contributed by atoms with E-state index >= 15 is 0 Å². The van der Waals surface area contributed by atoms with Gasteiger partial charge in [-0.25, -0.2) is 4.39 Å². The lowest BCUT2D eigenvalue weighted by molar-refractivity contribution is -0.119. The Kier molecular flexibility index (Phi) is 7.24. The van der Waals surface area contributed by atoms with Crippen molar-refractivity contribution in [2.75, 3.05) is 12.9 Å². The number of hydrogen-bond acceptors (Lipinski definition) is 6. The molecule has 152 valence electrons. The number of nitrogens with zero attached hydrogens (tertiary/aromatic N) is 2. The zero-order valence-electron chi connectivity index (χ0n) is 16.2. The summed E-state index contributed by atoms with van der Waals surface area (Å²) in [5.41, 5.74) is 1.88. The summed E-state index contributed by atoms with van der Waals surface area (Å²) in [4.78, 5) is 16.6. The maximum absolute atomic E-state index is 13.2. The molecule has 6 nitrogen and oxygen atoms in total. The average molecular weight is 415 g/mol. The van der Waals surface area contributed by atoms with Gasteiger partial charge in [-0.2, -0.15) is 4.98 Å². The lowest BCUT2D eigenvalue weighted by atomic mass is 9.98. The highest BCUT2D eigenvalue weighted by molar-refractivity contribution is 7.99. The maximum atomic E-state index is 13.2. The third kappa shape index (κ3) is 6.32. The first-order valence-corrected chi connectivity index (χ1v) is 10.2. The molecule has 1 amide bonds. The van der Waals surface area contributed by atoms with Gasteiger partial charge >= 0.3 is 0 Å². The number of nitrogens with one attached hydrogen (secondary N) is 1. The van der Waals surface area contributed by atoms with Crippen LogP contribution in [0.2, 0.25) is 0 Å². The Morgan fingerprint density at radius 1 is 1.21 bits per heavy atom. The predicted molar refractivity (Wildman–Crippen MR) is 109 cm³/mol. The largest absolute Gasteiger partial charge is 0.497 e. The van der Waals surface area contributed by atoms with Gasteiger partial charge in [-0.3, -0.25) is 4.79 Å². The summed E-state index contributed by atoms with van der Waals surface area (Å²) < 4.78 is 23.4. The van der Waals surface area contributed by atoms with E-state index in [2.05, 4.69) is 15.5 Å². The van der Waals surface area contributed by atoms with Crippen LogP contribution in [0.5, 0.6) is 5.75 Å². The SMILES string of the molecule is COc1ccc(C(Cc2ccc(F)cc2)NC(=O)CSCc2noc(C)n2)cc1. The van der Waals surface area contributed by atoms with Gasteiger partial charge in [0.05, 0.1) is 24.7 Å². The summed E-state index contributed by atoms with van der Waals surface area (Å²) in [5, 5.41) is 6.89. The fraction of sp³-hybridized carbons (Fsp3) is 0.286. The standard InChI is InChI=1S/C21H22FN3O3S/c1-14-23-20(25-28-14)12-29-13-21(26)24-19(11-15-3-7-17(22)8-4-15)16-5-9-18(27-2)10-6-16/h3-10,19H,11-13H2,1-2H3,(H,24,26). The van der Waals surface area contributed by atoms with E-state index in [0.717, 1.165) is 16.9 Å². The molecule has 0 aliphatic heterocycles. The zero-order chi connectivity index (χ0) is 20.6. The lowest BCUT2D eigenvalue weighted by Gasteiger charge is -2.20. The molecule has 0 fully saturated rings. The summed E-state index contributed by atoms with van der Waals surface area (Å²) in [6, 6.07) is 13.6. The Balaban J connectivity index is 1.64. The molecule has 1 unspecified atom stereocenters. The monoisotopic (exact) mass is 415 g/mol. The van der Waals surface area contributed by atoms with Crippen molar-refractivity contribution in [2.45, 2.75) is 25.1 Å². The molecule has 0 aliphatic rings. The van der Waals surface area contributed by atoms with Crippen LogP contribution in [0.4, 0.5) is 4.39 Å². The predicted octanol–water partition coefficient (Wildman–Crippen LogP) is 3.86. The first kappa shape index (κ1) is 20.9. The van der Waals surface area contributed by atoms with Crippen LogP contribution >= 0.6 is 11.8 Å². The molecule has 29 heavy (non-hydrogen) atoms. The summed E-state index contributed by atoms with van der Waals surface area (Å²) in [6.45, 7) is 1.72. The second kappa shape index (κ2) is 10.1. The van der Waals surface area contributed by atoms with Gasteiger partial charge in [0.1, 0.15) is 11.6 Å². The van der Waals surface area contributed by atoms with Gasteiger partial charge in [0, 0.05) is 6.92 Å². The molecule has 0 spiro atoms. The van der Waals surface area contributed by atoms with Crippen molar-refractivity contribution in [3.05, 3.63) is 77.2 Å². The van der Waals surface area contributed by atoms with Gasteiger partial charge in [0.25, 0.3) is 0 Å². The van der Waals surface area contributed by atoms with Crippen molar-refractivity contribution in [3.8, 4) is 5.75 Å². The Morgan fingerprint density at radius 2 is 1.93 bits per heavy atom. The molecule has 1 heterocycles. The lowest BCUT2D eigenvalue weighted by Crippen LogP contribution is -2.31. The number of ether oxygens (including phenoxy) is 1. The van der Waals surface area contributed by atoms with Gasteiger partial charge in [0.2, 0.25) is 11.8 Å². The molecule has 0 radical (unpaired) electrons. The molecule has 0 bridgehead atoms. The number of hydrogen-bond donors (Lipinski definition) is 1. The van der Waals surface area contributed by atoms with E-state index in [1.807, 2.05) is 24.3 Å². The first-order valence-electron chi connectivity index (χ1n) is 9.08. The minimum Gasteiger partial charge on any atom is -0.497 e. The van der Waals surface area contributed by atoms with Crippen LogP contribution in [0, 0.1) is 12.7 Å². The van der Waals surface area contributed by atoms with Crippen molar-refractivity contribution >= 4 is 17.7 Å². The van der Waals surface area contributed by atoms with Crippen molar-refractivity contribution in [1.82, 2.24) is 15.5 Å². The smallest absolute Gasteiger partial charge is 0.230 e. The number of benzene rings is 2. The summed E-state index contributed by atoms with van der Waals surface area (Å²) in [7, 11) is 1.61. The normalized spacial score (nSPS) is 11.8. The van der Waals surface area contributed by atoms with E-state index in [4.69, 9.17) is 9.26 Å². The number of methoxy groups -OCH3 is 1. The minimum absolute atomic E-state index is 0.0989. The molecule has 0 aliphatic carbocycles. The van der Waals surface area contributed by atoms with Gasteiger partial charge in [0.15, 0.2) is 5.82 Å². The Morgan fingerprint density at radius 3 is 2.55 bits per heavy atom. The number of rotatable bonds is 9. The molecule has 1 atom stereocenters. The Bertz CT molecular complexity index is 929. The van der Waals surface area contributed by atoms with Crippen LogP contribution in [-0.2, 0) is 17.0 Å². The molecule has 0 saturated carbocycles. The second-order valence-electron chi connectivity index (χ2n) is 6.45. The number of carbonyl (C=O) groups is 1. The van der Waals surface area contributed by atoms with Crippen molar-refractivity contribution < 1.29 is 18.4 Å². The van der Waals surface area contributed by atoms with Crippen LogP contribution < -0.4 is 10.1 Å². The fourth-order valence-corrected chi connectivity index (χ4v) is 3.49. The van der Waals surface area contributed by atoms with Crippen molar-refractivity contribution in [2.24, 2.45) is 0 Å². The summed E-state index contributed by atoms with van der Waals surface area (Å²) >= 11 is 1.41. The maximum Gasteiger partial charge on any atom is 0.230 e. The molecule has 3 aromatic rings. The highest BCUT2D eigenvalue weighted by atomic mass is 32.2. The average Bonchev–Trinajstić information content (AvgIpc) is 3.14. The number of thioether (sulfide) groups is 1. The molecule has 1 N–H and O–H groups in total. The molecule has 8 heteroatoms. The Hall–Kier alpha value is -2.87. The molecular weight excluding hydrogens is 393 g/mol. The van der Waals surface area contributed by atoms with Crippen LogP contribution in [0.25, 0.3) is 0 Å². The van der Waals surface area contributed by atoms with E-state index in [1.165, 1.54) is 23.9 Å². The second-order valence-corrected chi connectivity index (χ2v) is 7.43. The number of carbonyl (C=O) groups excluding carboxylic acids is 1. The highest BCUT2D eigenvalue weighted by Crippen LogP contribution is 2.22. The quantitative estimate of drug-likeness (QED) is 0.572. The third-order valence-corrected chi connectivity index (χ3v) is 5.17. The minimum atomic E-state index is -0.285. The molecule has 0 saturated heterocycles. The Labute approximate surface area is 172 Å². The molecule has 1 aromatic heterocycles. The highest BCUT2D eigenvalue weighted by Gasteiger charge is 2.16. The fourth-order valence-electron chi connectivity index (χ4n) is 2.82. The molecular formula is C21H22FN3O3S. The van der Waals surface area contributed by atoms with Crippen LogP contribution in [0.15, 0.2) is 53.1 Å². The van der Waals surface area contributed by atoms with E-state index in [-0.39, 0.29) is 23.5 Å². The van der Waals surface area contributed by atoms with Gasteiger partial charge in [-0.15, -0.1) is 11.8 Å². The van der Waals surface area contributed by atoms with Crippen LogP contribution in [0.1, 0.15) is 28.9 Å². The summed E-state index contributed by atoms with van der Waals surface area (Å²) in [6.07, 6.45) is 0.549. The number of aryl methyl sites for hydroxylation is 1. The van der Waals surface area contributed by atoms with E-state index in [1.54, 1.807) is 26.2 Å². The van der Waals surface area contributed by atoms with Gasteiger partial charge in [-0.05, 0) is 41.8 Å².